The number of Topliss-reactive ketones (excluding diaryl/α,β-unsaturated/α-hetero) is 1. The van der Waals surface area contributed by atoms with Gasteiger partial charge in [0.15, 0.2) is 17.3 Å². The van der Waals surface area contributed by atoms with Gasteiger partial charge in [0.25, 0.3) is 0 Å². The van der Waals surface area contributed by atoms with Crippen LogP contribution < -0.4 is 14.2 Å². The summed E-state index contributed by atoms with van der Waals surface area (Å²) in [6.45, 7) is 5.60. The minimum atomic E-state index is -0.479. The molecule has 0 N–H and O–H groups in total. The molecule has 0 heterocycles. The molecule has 0 atom stereocenters. The summed E-state index contributed by atoms with van der Waals surface area (Å²) < 4.78 is 15.7. The van der Waals surface area contributed by atoms with Gasteiger partial charge in [0.05, 0.1) is 26.9 Å². The second-order valence-corrected chi connectivity index (χ2v) is 4.96. The van der Waals surface area contributed by atoms with Crippen LogP contribution in [-0.4, -0.2) is 27.1 Å². The molecule has 0 aromatic heterocycles. The Morgan fingerprint density at radius 1 is 0.944 bits per heavy atom. The van der Waals surface area contributed by atoms with Crippen LogP contribution in [0, 0.1) is 5.41 Å². The van der Waals surface area contributed by atoms with E-state index in [0.717, 1.165) is 0 Å². The van der Waals surface area contributed by atoms with Crippen LogP contribution in [0.25, 0.3) is 0 Å². The molecule has 18 heavy (non-hydrogen) atoms. The number of ether oxygens (including phenoxy) is 3. The fourth-order valence-corrected chi connectivity index (χ4v) is 1.68. The minimum absolute atomic E-state index is 0.000281. The van der Waals surface area contributed by atoms with E-state index in [1.165, 1.54) is 14.2 Å². The van der Waals surface area contributed by atoms with Crippen molar-refractivity contribution in [1.29, 1.82) is 0 Å². The van der Waals surface area contributed by atoms with E-state index < -0.39 is 5.41 Å². The lowest BCUT2D eigenvalue weighted by Crippen LogP contribution is -2.21. The molecule has 4 heteroatoms. The molecular weight excluding hydrogens is 232 g/mol. The summed E-state index contributed by atoms with van der Waals surface area (Å²) in [7, 11) is 4.57. The van der Waals surface area contributed by atoms with E-state index in [0.29, 0.717) is 22.8 Å². The second kappa shape index (κ2) is 5.29. The smallest absolute Gasteiger partial charge is 0.204 e. The van der Waals surface area contributed by atoms with Gasteiger partial charge in [0.1, 0.15) is 0 Å². The van der Waals surface area contributed by atoms with Crippen molar-refractivity contribution in [1.82, 2.24) is 0 Å². The summed E-state index contributed by atoms with van der Waals surface area (Å²) in [5, 5.41) is 0. The normalized spacial score (nSPS) is 11.0. The topological polar surface area (TPSA) is 44.8 Å². The van der Waals surface area contributed by atoms with Crippen molar-refractivity contribution >= 4 is 5.78 Å². The number of carbonyl (C=O) groups is 1. The van der Waals surface area contributed by atoms with Crippen LogP contribution in [0.2, 0.25) is 0 Å². The fraction of sp³-hybridized carbons (Fsp3) is 0.500. The SMILES string of the molecule is COc1ccc(C(=O)C(C)(C)C)c(OC)c1OC. The average Bonchev–Trinajstić information content (AvgIpc) is 2.34. The van der Waals surface area contributed by atoms with Gasteiger partial charge in [-0.15, -0.1) is 0 Å². The van der Waals surface area contributed by atoms with Gasteiger partial charge in [0.2, 0.25) is 5.75 Å². The van der Waals surface area contributed by atoms with Gasteiger partial charge in [-0.1, -0.05) is 20.8 Å². The molecule has 1 aromatic carbocycles. The summed E-state index contributed by atoms with van der Waals surface area (Å²) in [5.41, 5.74) is 0.0232. The van der Waals surface area contributed by atoms with Crippen molar-refractivity contribution in [2.75, 3.05) is 21.3 Å². The van der Waals surface area contributed by atoms with E-state index >= 15 is 0 Å². The number of hydrogen-bond acceptors (Lipinski definition) is 4. The molecule has 100 valence electrons. The molecule has 0 saturated heterocycles. The third kappa shape index (κ3) is 2.58. The average molecular weight is 252 g/mol. The molecular formula is C14H20O4. The third-order valence-corrected chi connectivity index (χ3v) is 2.63. The Hall–Kier alpha value is -1.71. The minimum Gasteiger partial charge on any atom is -0.493 e. The quantitative estimate of drug-likeness (QED) is 0.773. The monoisotopic (exact) mass is 252 g/mol. The lowest BCUT2D eigenvalue weighted by atomic mass is 9.86. The lowest BCUT2D eigenvalue weighted by molar-refractivity contribution is 0.0854. The first kappa shape index (κ1) is 14.4. The van der Waals surface area contributed by atoms with Gasteiger partial charge in [0, 0.05) is 5.41 Å². The Labute approximate surface area is 108 Å². The summed E-state index contributed by atoms with van der Waals surface area (Å²) in [4.78, 5) is 12.3. The predicted molar refractivity (Wildman–Crippen MR) is 69.9 cm³/mol. The van der Waals surface area contributed by atoms with Crippen molar-refractivity contribution in [3.05, 3.63) is 17.7 Å². The Morgan fingerprint density at radius 3 is 1.89 bits per heavy atom. The third-order valence-electron chi connectivity index (χ3n) is 2.63. The molecule has 0 spiro atoms. The van der Waals surface area contributed by atoms with Crippen LogP contribution in [0.1, 0.15) is 31.1 Å². The zero-order chi connectivity index (χ0) is 13.9. The highest BCUT2D eigenvalue weighted by atomic mass is 16.5. The molecule has 0 aliphatic rings. The van der Waals surface area contributed by atoms with Crippen LogP contribution >= 0.6 is 0 Å². The molecule has 0 unspecified atom stereocenters. The van der Waals surface area contributed by atoms with Crippen molar-refractivity contribution in [2.45, 2.75) is 20.8 Å². The van der Waals surface area contributed by atoms with Gasteiger partial charge in [-0.2, -0.15) is 0 Å². The Kier molecular flexibility index (Phi) is 4.22. The Morgan fingerprint density at radius 2 is 1.50 bits per heavy atom. The maximum absolute atomic E-state index is 12.3. The number of methoxy groups -OCH3 is 3. The summed E-state index contributed by atoms with van der Waals surface area (Å²) >= 11 is 0. The summed E-state index contributed by atoms with van der Waals surface area (Å²) in [6, 6.07) is 3.41. The van der Waals surface area contributed by atoms with Gasteiger partial charge >= 0.3 is 0 Å². The summed E-state index contributed by atoms with van der Waals surface area (Å²) in [5.74, 6) is 1.40. The zero-order valence-corrected chi connectivity index (χ0v) is 11.8. The first-order chi connectivity index (χ1) is 8.36. The van der Waals surface area contributed by atoms with Crippen LogP contribution in [0.3, 0.4) is 0 Å². The number of benzene rings is 1. The van der Waals surface area contributed by atoms with Crippen molar-refractivity contribution in [3.63, 3.8) is 0 Å². The fourth-order valence-electron chi connectivity index (χ4n) is 1.68. The maximum Gasteiger partial charge on any atom is 0.204 e. The number of carbonyl (C=O) groups excluding carboxylic acids is 1. The van der Waals surface area contributed by atoms with Crippen molar-refractivity contribution in [2.24, 2.45) is 5.41 Å². The lowest BCUT2D eigenvalue weighted by Gasteiger charge is -2.20. The van der Waals surface area contributed by atoms with E-state index in [2.05, 4.69) is 0 Å². The number of hydrogen-bond donors (Lipinski definition) is 0. The predicted octanol–water partition coefficient (Wildman–Crippen LogP) is 2.94. The molecule has 0 saturated carbocycles. The first-order valence-electron chi connectivity index (χ1n) is 5.70. The van der Waals surface area contributed by atoms with Crippen molar-refractivity contribution in [3.8, 4) is 17.2 Å². The molecule has 1 rings (SSSR count). The molecule has 0 fully saturated rings. The molecule has 0 radical (unpaired) electrons. The molecule has 0 amide bonds. The van der Waals surface area contributed by atoms with E-state index in [-0.39, 0.29) is 5.78 Å². The highest BCUT2D eigenvalue weighted by Gasteiger charge is 2.28. The highest BCUT2D eigenvalue weighted by molar-refractivity contribution is 6.03. The van der Waals surface area contributed by atoms with Gasteiger partial charge in [-0.25, -0.2) is 0 Å². The molecule has 0 bridgehead atoms. The maximum atomic E-state index is 12.3. The standard InChI is InChI=1S/C14H20O4/c1-14(2,3)13(15)9-7-8-10(16-4)12(18-6)11(9)17-5/h7-8H,1-6H3. The van der Waals surface area contributed by atoms with Crippen molar-refractivity contribution < 1.29 is 19.0 Å². The second-order valence-electron chi connectivity index (χ2n) is 4.96. The largest absolute Gasteiger partial charge is 0.493 e. The zero-order valence-electron chi connectivity index (χ0n) is 11.8. The van der Waals surface area contributed by atoms with Gasteiger partial charge < -0.3 is 14.2 Å². The van der Waals surface area contributed by atoms with Gasteiger partial charge in [-0.05, 0) is 12.1 Å². The van der Waals surface area contributed by atoms with Crippen LogP contribution in [0.4, 0.5) is 0 Å². The van der Waals surface area contributed by atoms with Crippen LogP contribution in [-0.2, 0) is 0 Å². The van der Waals surface area contributed by atoms with E-state index in [4.69, 9.17) is 14.2 Å². The van der Waals surface area contributed by atoms with Crippen LogP contribution in [0.15, 0.2) is 12.1 Å². The molecule has 0 aliphatic heterocycles. The molecule has 4 nitrogen and oxygen atoms in total. The highest BCUT2D eigenvalue weighted by Crippen LogP contribution is 2.41. The Balaban J connectivity index is 3.43. The number of rotatable bonds is 4. The Bertz CT molecular complexity index is 444. The number of ketones is 1. The van der Waals surface area contributed by atoms with E-state index in [1.54, 1.807) is 19.2 Å². The van der Waals surface area contributed by atoms with E-state index in [1.807, 2.05) is 20.8 Å². The summed E-state index contributed by atoms with van der Waals surface area (Å²) in [6.07, 6.45) is 0. The van der Waals surface area contributed by atoms with E-state index in [9.17, 15) is 4.79 Å². The van der Waals surface area contributed by atoms with Gasteiger partial charge in [-0.3, -0.25) is 4.79 Å². The molecule has 1 aromatic rings. The first-order valence-corrected chi connectivity index (χ1v) is 5.70. The van der Waals surface area contributed by atoms with Crippen LogP contribution in [0.5, 0.6) is 17.2 Å². The molecule has 0 aliphatic carbocycles.